The Morgan fingerprint density at radius 1 is 1.26 bits per heavy atom. The number of carbonyl (C=O) groups is 1. The van der Waals surface area contributed by atoms with Crippen LogP contribution in [0.5, 0.6) is 0 Å². The molecule has 0 saturated heterocycles. The fourth-order valence-electron chi connectivity index (χ4n) is 1.75. The van der Waals surface area contributed by atoms with E-state index in [0.717, 1.165) is 15.6 Å². The van der Waals surface area contributed by atoms with Gasteiger partial charge < -0.3 is 5.32 Å². The molecular formula is C15H13BrClNO. The Morgan fingerprint density at radius 2 is 2.00 bits per heavy atom. The van der Waals surface area contributed by atoms with E-state index in [1.807, 2.05) is 49.4 Å². The number of halogens is 2. The van der Waals surface area contributed by atoms with Crippen molar-refractivity contribution >= 4 is 33.4 Å². The molecular weight excluding hydrogens is 326 g/mol. The number of hydrogen-bond acceptors (Lipinski definition) is 1. The molecule has 0 heterocycles. The quantitative estimate of drug-likeness (QED) is 0.886. The maximum absolute atomic E-state index is 12.1. The molecule has 0 aliphatic carbocycles. The molecule has 2 aromatic rings. The van der Waals surface area contributed by atoms with Crippen LogP contribution in [0.2, 0.25) is 5.02 Å². The van der Waals surface area contributed by atoms with Crippen LogP contribution in [0.25, 0.3) is 0 Å². The fraction of sp³-hybridized carbons (Fsp3) is 0.133. The van der Waals surface area contributed by atoms with E-state index in [0.29, 0.717) is 17.1 Å². The summed E-state index contributed by atoms with van der Waals surface area (Å²) >= 11 is 9.42. The Balaban J connectivity index is 2.10. The van der Waals surface area contributed by atoms with Gasteiger partial charge in [-0.15, -0.1) is 0 Å². The van der Waals surface area contributed by atoms with Crippen molar-refractivity contribution in [3.8, 4) is 0 Å². The number of amides is 1. The number of nitrogens with one attached hydrogen (secondary N) is 1. The molecule has 0 fully saturated rings. The lowest BCUT2D eigenvalue weighted by atomic mass is 10.1. The smallest absolute Gasteiger partial charge is 0.251 e. The minimum absolute atomic E-state index is 0.0984. The number of aryl methyl sites for hydroxylation is 1. The number of benzene rings is 2. The van der Waals surface area contributed by atoms with Gasteiger partial charge in [-0.1, -0.05) is 51.8 Å². The lowest BCUT2D eigenvalue weighted by Gasteiger charge is -2.09. The van der Waals surface area contributed by atoms with Gasteiger partial charge in [0.2, 0.25) is 0 Å². The van der Waals surface area contributed by atoms with Gasteiger partial charge in [-0.25, -0.2) is 0 Å². The zero-order valence-electron chi connectivity index (χ0n) is 10.4. The average molecular weight is 339 g/mol. The van der Waals surface area contributed by atoms with Gasteiger partial charge in [-0.05, 0) is 36.2 Å². The topological polar surface area (TPSA) is 29.1 Å². The molecule has 0 atom stereocenters. The highest BCUT2D eigenvalue weighted by molar-refractivity contribution is 9.10. The first kappa shape index (κ1) is 14.1. The van der Waals surface area contributed by atoms with Gasteiger partial charge in [0, 0.05) is 21.6 Å². The molecule has 19 heavy (non-hydrogen) atoms. The molecule has 0 aromatic heterocycles. The van der Waals surface area contributed by atoms with E-state index in [2.05, 4.69) is 21.2 Å². The van der Waals surface area contributed by atoms with Crippen molar-refractivity contribution in [2.24, 2.45) is 0 Å². The van der Waals surface area contributed by atoms with Crippen LogP contribution in [-0.4, -0.2) is 5.91 Å². The maximum Gasteiger partial charge on any atom is 0.251 e. The van der Waals surface area contributed by atoms with Gasteiger partial charge in [-0.3, -0.25) is 4.79 Å². The maximum atomic E-state index is 12.1. The summed E-state index contributed by atoms with van der Waals surface area (Å²) in [5, 5.41) is 3.54. The van der Waals surface area contributed by atoms with Gasteiger partial charge in [0.15, 0.2) is 0 Å². The van der Waals surface area contributed by atoms with E-state index in [1.165, 1.54) is 0 Å². The van der Waals surface area contributed by atoms with Gasteiger partial charge in [0.1, 0.15) is 0 Å². The molecule has 0 saturated carbocycles. The average Bonchev–Trinajstić information content (AvgIpc) is 2.40. The van der Waals surface area contributed by atoms with Crippen molar-refractivity contribution in [1.82, 2.24) is 5.32 Å². The van der Waals surface area contributed by atoms with E-state index >= 15 is 0 Å². The molecule has 0 unspecified atom stereocenters. The summed E-state index contributed by atoms with van der Waals surface area (Å²) in [5.74, 6) is -0.0984. The van der Waals surface area contributed by atoms with Crippen LogP contribution in [-0.2, 0) is 6.54 Å². The van der Waals surface area contributed by atoms with Gasteiger partial charge >= 0.3 is 0 Å². The highest BCUT2D eigenvalue weighted by Gasteiger charge is 2.09. The first-order valence-electron chi connectivity index (χ1n) is 5.85. The fourth-order valence-corrected chi connectivity index (χ4v) is 2.31. The minimum atomic E-state index is -0.0984. The van der Waals surface area contributed by atoms with Crippen LogP contribution < -0.4 is 5.32 Å². The highest BCUT2D eigenvalue weighted by atomic mass is 79.9. The van der Waals surface area contributed by atoms with E-state index in [-0.39, 0.29) is 5.91 Å². The van der Waals surface area contributed by atoms with Crippen LogP contribution in [0.15, 0.2) is 46.9 Å². The van der Waals surface area contributed by atoms with E-state index in [1.54, 1.807) is 0 Å². The van der Waals surface area contributed by atoms with Crippen LogP contribution in [0.4, 0.5) is 0 Å². The molecule has 2 nitrogen and oxygen atoms in total. The lowest BCUT2D eigenvalue weighted by Crippen LogP contribution is -2.23. The van der Waals surface area contributed by atoms with Gasteiger partial charge in [-0.2, -0.15) is 0 Å². The summed E-state index contributed by atoms with van der Waals surface area (Å²) in [5.41, 5.74) is 2.52. The summed E-state index contributed by atoms with van der Waals surface area (Å²) in [7, 11) is 0. The zero-order valence-corrected chi connectivity index (χ0v) is 12.8. The van der Waals surface area contributed by atoms with Crippen LogP contribution in [0.1, 0.15) is 21.5 Å². The summed E-state index contributed by atoms with van der Waals surface area (Å²) in [6, 6.07) is 13.1. The molecule has 0 bridgehead atoms. The summed E-state index contributed by atoms with van der Waals surface area (Å²) in [6.07, 6.45) is 0. The third-order valence-electron chi connectivity index (χ3n) is 2.84. The van der Waals surface area contributed by atoms with E-state index in [9.17, 15) is 4.79 Å². The van der Waals surface area contributed by atoms with E-state index in [4.69, 9.17) is 11.6 Å². The SMILES string of the molecule is Cc1ccc(Br)cc1C(=O)NCc1ccccc1Cl. The Hall–Kier alpha value is -1.32. The predicted octanol–water partition coefficient (Wildman–Crippen LogP) is 4.34. The van der Waals surface area contributed by atoms with Crippen molar-refractivity contribution in [2.75, 3.05) is 0 Å². The molecule has 2 aromatic carbocycles. The number of rotatable bonds is 3. The normalized spacial score (nSPS) is 10.3. The Morgan fingerprint density at radius 3 is 2.74 bits per heavy atom. The molecule has 0 aliphatic rings. The predicted molar refractivity (Wildman–Crippen MR) is 81.5 cm³/mol. The first-order valence-corrected chi connectivity index (χ1v) is 7.03. The van der Waals surface area contributed by atoms with Crippen molar-refractivity contribution in [2.45, 2.75) is 13.5 Å². The molecule has 4 heteroatoms. The second kappa shape index (κ2) is 6.22. The summed E-state index contributed by atoms with van der Waals surface area (Å²) in [6.45, 7) is 2.33. The molecule has 1 amide bonds. The van der Waals surface area contributed by atoms with Crippen molar-refractivity contribution in [3.63, 3.8) is 0 Å². The van der Waals surface area contributed by atoms with Crippen LogP contribution >= 0.6 is 27.5 Å². The largest absolute Gasteiger partial charge is 0.348 e. The van der Waals surface area contributed by atoms with Gasteiger partial charge in [0.05, 0.1) is 0 Å². The minimum Gasteiger partial charge on any atom is -0.348 e. The first-order chi connectivity index (χ1) is 9.08. The van der Waals surface area contributed by atoms with Crippen molar-refractivity contribution in [1.29, 1.82) is 0 Å². The Bertz CT molecular complexity index is 613. The summed E-state index contributed by atoms with van der Waals surface area (Å²) in [4.78, 5) is 12.1. The highest BCUT2D eigenvalue weighted by Crippen LogP contribution is 2.17. The number of hydrogen-bond donors (Lipinski definition) is 1. The Labute approximate surface area is 125 Å². The second-order valence-corrected chi connectivity index (χ2v) is 5.56. The molecule has 0 radical (unpaired) electrons. The third-order valence-corrected chi connectivity index (χ3v) is 3.70. The Kier molecular flexibility index (Phi) is 4.61. The monoisotopic (exact) mass is 337 g/mol. The van der Waals surface area contributed by atoms with Crippen LogP contribution in [0, 0.1) is 6.92 Å². The molecule has 0 spiro atoms. The van der Waals surface area contributed by atoms with Crippen LogP contribution in [0.3, 0.4) is 0 Å². The molecule has 0 aliphatic heterocycles. The number of carbonyl (C=O) groups excluding carboxylic acids is 1. The molecule has 98 valence electrons. The summed E-state index contributed by atoms with van der Waals surface area (Å²) < 4.78 is 0.890. The van der Waals surface area contributed by atoms with Crippen molar-refractivity contribution in [3.05, 3.63) is 68.7 Å². The molecule has 2 rings (SSSR count). The standard InChI is InChI=1S/C15H13BrClNO/c1-10-6-7-12(16)8-13(10)15(19)18-9-11-4-2-3-5-14(11)17/h2-8H,9H2,1H3,(H,18,19). The second-order valence-electron chi connectivity index (χ2n) is 4.23. The van der Waals surface area contributed by atoms with Gasteiger partial charge in [0.25, 0.3) is 5.91 Å². The lowest BCUT2D eigenvalue weighted by molar-refractivity contribution is 0.0950. The molecule has 1 N–H and O–H groups in total. The van der Waals surface area contributed by atoms with E-state index < -0.39 is 0 Å². The third kappa shape index (κ3) is 3.58. The van der Waals surface area contributed by atoms with Crippen molar-refractivity contribution < 1.29 is 4.79 Å². The zero-order chi connectivity index (χ0) is 13.8.